The Hall–Kier alpha value is -3.60. The van der Waals surface area contributed by atoms with Crippen molar-refractivity contribution in [2.75, 3.05) is 13.1 Å². The van der Waals surface area contributed by atoms with Crippen molar-refractivity contribution in [1.82, 2.24) is 18.6 Å². The number of nitrogens with zero attached hydrogens (tertiary/aromatic N) is 5. The molecule has 17 heteroatoms. The summed E-state index contributed by atoms with van der Waals surface area (Å²) < 4.78 is 57.9. The summed E-state index contributed by atoms with van der Waals surface area (Å²) in [7, 11) is 2.87. The number of thiazole rings is 1. The Morgan fingerprint density at radius 3 is 2.36 bits per heavy atom. The van der Waals surface area contributed by atoms with Crippen LogP contribution in [0.1, 0.15) is 24.0 Å². The van der Waals surface area contributed by atoms with Crippen molar-refractivity contribution in [3.8, 4) is 11.3 Å². The van der Waals surface area contributed by atoms with Crippen molar-refractivity contribution >= 4 is 57.2 Å². The van der Waals surface area contributed by atoms with Gasteiger partial charge in [0, 0.05) is 38.1 Å². The van der Waals surface area contributed by atoms with Gasteiger partial charge in [0.05, 0.1) is 35.7 Å². The molecule has 0 aliphatic carbocycles. The van der Waals surface area contributed by atoms with E-state index in [4.69, 9.17) is 0 Å². The lowest BCUT2D eigenvalue weighted by molar-refractivity contribution is -0.143. The molecule has 1 fully saturated rings. The van der Waals surface area contributed by atoms with Crippen LogP contribution in [0.5, 0.6) is 0 Å². The number of alkyl halides is 3. The number of hydrogen-bond donors (Lipinski definition) is 1. The maximum absolute atomic E-state index is 14.5. The third-order valence-electron chi connectivity index (χ3n) is 7.45. The van der Waals surface area contributed by atoms with E-state index in [1.54, 1.807) is 15.3 Å². The normalized spacial score (nSPS) is 15.1. The highest BCUT2D eigenvalue weighted by molar-refractivity contribution is 7.17. The summed E-state index contributed by atoms with van der Waals surface area (Å²) in [5.74, 6) is -3.44. The Bertz CT molecular complexity index is 1930. The number of thiophene rings is 1. The van der Waals surface area contributed by atoms with Gasteiger partial charge < -0.3 is 9.67 Å². The monoisotopic (exact) mass is 675 g/mol. The topological polar surface area (TPSA) is 119 Å². The number of hydrogen-bond acceptors (Lipinski definition) is 7. The van der Waals surface area contributed by atoms with E-state index in [9.17, 15) is 41.8 Å². The van der Waals surface area contributed by atoms with E-state index >= 15 is 0 Å². The standard InChI is InChI=1S/C27H25F4N5O5S2.ClH/c1-33-22(38)21-16(11-42-23(21)34(2)26(33)41)10-20(37)32-25-36(13-35-7-5-14(6-8-35)24(39)40)19(12-43-25)15-3-4-17(18(28)9-15)27(29,30)31;/h3-4,9,11-12,14H,5-8,10,13H2,1-2H3,(H,39,40);1H. The molecule has 1 saturated heterocycles. The van der Waals surface area contributed by atoms with Gasteiger partial charge in [-0.15, -0.1) is 35.1 Å². The zero-order chi connectivity index (χ0) is 31.2. The molecule has 10 nitrogen and oxygen atoms in total. The van der Waals surface area contributed by atoms with Crippen LogP contribution < -0.4 is 16.1 Å². The number of carbonyl (C=O) groups is 2. The molecule has 0 bridgehead atoms. The number of amides is 1. The number of aryl methyl sites for hydroxylation is 1. The number of fused-ring (bicyclic) bond motifs is 1. The summed E-state index contributed by atoms with van der Waals surface area (Å²) in [5.41, 5.74) is -1.57. The summed E-state index contributed by atoms with van der Waals surface area (Å²) in [4.78, 5) is 56.4. The van der Waals surface area contributed by atoms with Gasteiger partial charge in [-0.1, -0.05) is 6.07 Å². The zero-order valence-electron chi connectivity index (χ0n) is 23.3. The number of aliphatic carboxylic acids is 1. The summed E-state index contributed by atoms with van der Waals surface area (Å²) in [6.45, 7) is 0.956. The number of halogens is 5. The highest BCUT2D eigenvalue weighted by Gasteiger charge is 2.34. The molecule has 1 N–H and O–H groups in total. The predicted molar refractivity (Wildman–Crippen MR) is 158 cm³/mol. The molecule has 0 radical (unpaired) electrons. The lowest BCUT2D eigenvalue weighted by Crippen LogP contribution is -2.39. The van der Waals surface area contributed by atoms with E-state index in [0.29, 0.717) is 48.1 Å². The van der Waals surface area contributed by atoms with Crippen LogP contribution in [0.15, 0.2) is 43.5 Å². The minimum atomic E-state index is -4.87. The van der Waals surface area contributed by atoms with Gasteiger partial charge in [-0.05, 0) is 35.9 Å². The molecule has 0 spiro atoms. The Morgan fingerprint density at radius 2 is 1.75 bits per heavy atom. The lowest BCUT2D eigenvalue weighted by Gasteiger charge is -2.30. The molecule has 236 valence electrons. The van der Waals surface area contributed by atoms with Crippen molar-refractivity contribution in [3.63, 3.8) is 0 Å². The van der Waals surface area contributed by atoms with Crippen molar-refractivity contribution in [2.45, 2.75) is 32.1 Å². The second-order valence-corrected chi connectivity index (χ2v) is 11.9. The summed E-state index contributed by atoms with van der Waals surface area (Å²) in [6.07, 6.45) is -4.34. The first kappa shape index (κ1) is 33.3. The van der Waals surface area contributed by atoms with Crippen LogP contribution in [0, 0.1) is 11.7 Å². The van der Waals surface area contributed by atoms with Crippen LogP contribution in [0.25, 0.3) is 21.5 Å². The van der Waals surface area contributed by atoms with E-state index in [-0.39, 0.29) is 41.2 Å². The molecule has 4 heterocycles. The number of piperidine rings is 1. The molecular weight excluding hydrogens is 650 g/mol. The van der Waals surface area contributed by atoms with Gasteiger partial charge in [-0.3, -0.25) is 28.4 Å². The van der Waals surface area contributed by atoms with E-state index in [2.05, 4.69) is 4.99 Å². The highest BCUT2D eigenvalue weighted by Crippen LogP contribution is 2.34. The Balaban J connectivity index is 0.00000442. The highest BCUT2D eigenvalue weighted by atomic mass is 35.5. The SMILES string of the molecule is Cl.Cn1c(=O)c2c(CC(=O)N=c3scc(-c4ccc(C(F)(F)F)c(F)c4)n3CN3CCC(C(=O)O)CC3)csc2n(C)c1=O. The molecule has 0 unspecified atom stereocenters. The van der Waals surface area contributed by atoms with E-state index in [1.165, 1.54) is 18.7 Å². The fourth-order valence-electron chi connectivity index (χ4n) is 5.08. The fraction of sp³-hybridized carbons (Fsp3) is 0.370. The maximum atomic E-state index is 14.5. The average molecular weight is 676 g/mol. The molecule has 1 aromatic carbocycles. The fourth-order valence-corrected chi connectivity index (χ4v) is 7.02. The first-order chi connectivity index (χ1) is 20.3. The van der Waals surface area contributed by atoms with Gasteiger partial charge in [0.1, 0.15) is 10.6 Å². The van der Waals surface area contributed by atoms with Gasteiger partial charge in [0.15, 0.2) is 4.80 Å². The summed E-state index contributed by atoms with van der Waals surface area (Å²) >= 11 is 2.19. The Labute approximate surface area is 260 Å². The Kier molecular flexibility index (Phi) is 9.68. The molecule has 1 aliphatic heterocycles. The van der Waals surface area contributed by atoms with Gasteiger partial charge >= 0.3 is 17.8 Å². The second-order valence-electron chi connectivity index (χ2n) is 10.2. The maximum Gasteiger partial charge on any atom is 0.419 e. The van der Waals surface area contributed by atoms with Crippen LogP contribution in [0.3, 0.4) is 0 Å². The number of carbonyl (C=O) groups excluding carboxylic acids is 1. The molecule has 0 saturated carbocycles. The van der Waals surface area contributed by atoms with Crippen molar-refractivity contribution in [2.24, 2.45) is 25.0 Å². The minimum Gasteiger partial charge on any atom is -0.481 e. The first-order valence-corrected chi connectivity index (χ1v) is 14.8. The third-order valence-corrected chi connectivity index (χ3v) is 9.42. The number of benzene rings is 1. The van der Waals surface area contributed by atoms with Gasteiger partial charge in [0.25, 0.3) is 11.5 Å². The van der Waals surface area contributed by atoms with Gasteiger partial charge in [-0.25, -0.2) is 9.18 Å². The van der Waals surface area contributed by atoms with Crippen LogP contribution in [-0.2, 0) is 43.0 Å². The smallest absolute Gasteiger partial charge is 0.419 e. The molecular formula is C27H26ClF4N5O5S2. The molecule has 44 heavy (non-hydrogen) atoms. The van der Waals surface area contributed by atoms with Crippen LogP contribution in [-0.4, -0.2) is 48.7 Å². The van der Waals surface area contributed by atoms with Crippen LogP contribution in [0.4, 0.5) is 17.6 Å². The van der Waals surface area contributed by atoms with Crippen molar-refractivity contribution in [3.05, 3.63) is 71.5 Å². The van der Waals surface area contributed by atoms with E-state index in [0.717, 1.165) is 39.4 Å². The van der Waals surface area contributed by atoms with Crippen LogP contribution >= 0.6 is 35.1 Å². The zero-order valence-corrected chi connectivity index (χ0v) is 25.7. The minimum absolute atomic E-state index is 0. The molecule has 1 aliphatic rings. The largest absolute Gasteiger partial charge is 0.481 e. The summed E-state index contributed by atoms with van der Waals surface area (Å²) in [5, 5.41) is 12.7. The molecule has 5 rings (SSSR count). The van der Waals surface area contributed by atoms with Crippen molar-refractivity contribution < 1.29 is 32.3 Å². The third kappa shape index (κ3) is 6.43. The van der Waals surface area contributed by atoms with Gasteiger partial charge in [-0.2, -0.15) is 18.2 Å². The quantitative estimate of drug-likeness (QED) is 0.311. The van der Waals surface area contributed by atoms with Gasteiger partial charge in [0.2, 0.25) is 0 Å². The Morgan fingerprint density at radius 1 is 1.07 bits per heavy atom. The average Bonchev–Trinajstić information content (AvgIpc) is 3.54. The number of likely N-dealkylation sites (tertiary alicyclic amines) is 1. The number of carboxylic acids is 1. The first-order valence-electron chi connectivity index (χ1n) is 13.0. The second kappa shape index (κ2) is 12.8. The molecule has 0 atom stereocenters. The van der Waals surface area contributed by atoms with E-state index in [1.807, 2.05) is 4.90 Å². The number of aromatic nitrogens is 3. The number of carboxylic acid groups (broad SMARTS) is 1. The molecule has 3 aromatic heterocycles. The van der Waals surface area contributed by atoms with E-state index < -0.39 is 46.6 Å². The lowest BCUT2D eigenvalue weighted by atomic mass is 9.97. The summed E-state index contributed by atoms with van der Waals surface area (Å²) in [6, 6.07) is 2.58. The molecule has 1 amide bonds. The van der Waals surface area contributed by atoms with Crippen molar-refractivity contribution in [1.29, 1.82) is 0 Å². The molecule has 4 aromatic rings. The van der Waals surface area contributed by atoms with Crippen LogP contribution in [0.2, 0.25) is 0 Å². The predicted octanol–water partition coefficient (Wildman–Crippen LogP) is 3.83. The number of rotatable bonds is 6.